The first-order valence-electron chi connectivity index (χ1n) is 7.34. The molecule has 24 heavy (non-hydrogen) atoms. The van der Waals surface area contributed by atoms with Gasteiger partial charge in [-0.25, -0.2) is 0 Å². The van der Waals surface area contributed by atoms with E-state index in [1.54, 1.807) is 18.2 Å². The summed E-state index contributed by atoms with van der Waals surface area (Å²) in [6.07, 6.45) is 1.49. The highest BCUT2D eigenvalue weighted by atomic mass is 16.5. The molecule has 0 heterocycles. The maximum atomic E-state index is 12.2. The highest BCUT2D eigenvalue weighted by Gasteiger charge is 2.13. The predicted octanol–water partition coefficient (Wildman–Crippen LogP) is 2.93. The number of ether oxygens (including phenoxy) is 2. The Labute approximate surface area is 141 Å². The van der Waals surface area contributed by atoms with Crippen LogP contribution in [0.5, 0.6) is 11.5 Å². The zero-order valence-corrected chi connectivity index (χ0v) is 13.6. The highest BCUT2D eigenvalue weighted by molar-refractivity contribution is 6.02. The lowest BCUT2D eigenvalue weighted by Gasteiger charge is -2.10. The fourth-order valence-corrected chi connectivity index (χ4v) is 2.20. The summed E-state index contributed by atoms with van der Waals surface area (Å²) in [6.45, 7) is 0.355. The normalized spacial score (nSPS) is 10.6. The largest absolute Gasteiger partial charge is 0.493 e. The smallest absolute Gasteiger partial charge is 0.262 e. The van der Waals surface area contributed by atoms with E-state index in [1.165, 1.54) is 20.3 Å². The van der Waals surface area contributed by atoms with Crippen molar-refractivity contribution in [2.45, 2.75) is 6.54 Å². The molecule has 122 valence electrons. The van der Waals surface area contributed by atoms with Gasteiger partial charge in [0.2, 0.25) is 0 Å². The molecule has 0 aliphatic heterocycles. The maximum absolute atomic E-state index is 12.2. The molecule has 0 atom stereocenters. The number of hydrogen-bond donors (Lipinski definition) is 1. The van der Waals surface area contributed by atoms with Crippen LogP contribution in [0.1, 0.15) is 11.1 Å². The first kappa shape index (κ1) is 17.1. The third kappa shape index (κ3) is 4.14. The number of rotatable bonds is 6. The SMILES string of the molecule is COc1cccc(C=C(C#N)C(=O)NCc2ccccc2)c1OC. The second-order valence-electron chi connectivity index (χ2n) is 4.92. The van der Waals surface area contributed by atoms with E-state index in [1.807, 2.05) is 36.4 Å². The van der Waals surface area contributed by atoms with Gasteiger partial charge >= 0.3 is 0 Å². The first-order valence-corrected chi connectivity index (χ1v) is 7.34. The van der Waals surface area contributed by atoms with Crippen molar-refractivity contribution in [2.75, 3.05) is 14.2 Å². The fourth-order valence-electron chi connectivity index (χ4n) is 2.20. The number of carbonyl (C=O) groups is 1. The standard InChI is InChI=1S/C19H18N2O3/c1-23-17-10-6-9-15(18(17)24-2)11-16(12-20)19(22)21-13-14-7-4-3-5-8-14/h3-11H,13H2,1-2H3,(H,21,22). The number of hydrogen-bond acceptors (Lipinski definition) is 4. The fraction of sp³-hybridized carbons (Fsp3) is 0.158. The Bertz CT molecular complexity index is 777. The van der Waals surface area contributed by atoms with Gasteiger partial charge in [-0.2, -0.15) is 5.26 Å². The molecule has 0 spiro atoms. The Hall–Kier alpha value is -3.26. The molecule has 2 aromatic carbocycles. The Morgan fingerprint density at radius 3 is 2.50 bits per heavy atom. The zero-order valence-electron chi connectivity index (χ0n) is 13.6. The van der Waals surface area contributed by atoms with Gasteiger partial charge < -0.3 is 14.8 Å². The van der Waals surface area contributed by atoms with Crippen LogP contribution in [-0.2, 0) is 11.3 Å². The number of methoxy groups -OCH3 is 2. The van der Waals surface area contributed by atoms with Crippen LogP contribution in [0.4, 0.5) is 0 Å². The topological polar surface area (TPSA) is 71.3 Å². The van der Waals surface area contributed by atoms with E-state index in [-0.39, 0.29) is 5.57 Å². The number of nitrogens with zero attached hydrogens (tertiary/aromatic N) is 1. The van der Waals surface area contributed by atoms with Crippen molar-refractivity contribution >= 4 is 12.0 Å². The van der Waals surface area contributed by atoms with Crippen LogP contribution in [0.3, 0.4) is 0 Å². The monoisotopic (exact) mass is 322 g/mol. The quantitative estimate of drug-likeness (QED) is 0.655. The molecule has 0 radical (unpaired) electrons. The summed E-state index contributed by atoms with van der Waals surface area (Å²) in [4.78, 5) is 12.2. The highest BCUT2D eigenvalue weighted by Crippen LogP contribution is 2.32. The Morgan fingerprint density at radius 2 is 1.88 bits per heavy atom. The van der Waals surface area contributed by atoms with Crippen LogP contribution in [0.25, 0.3) is 6.08 Å². The Balaban J connectivity index is 2.20. The lowest BCUT2D eigenvalue weighted by Crippen LogP contribution is -2.23. The molecular formula is C19H18N2O3. The van der Waals surface area contributed by atoms with E-state index in [9.17, 15) is 10.1 Å². The minimum absolute atomic E-state index is 0.00233. The molecule has 0 aliphatic carbocycles. The van der Waals surface area contributed by atoms with E-state index >= 15 is 0 Å². The van der Waals surface area contributed by atoms with Gasteiger partial charge in [-0.15, -0.1) is 0 Å². The van der Waals surface area contributed by atoms with Crippen molar-refractivity contribution in [2.24, 2.45) is 0 Å². The van der Waals surface area contributed by atoms with Crippen molar-refractivity contribution in [1.29, 1.82) is 5.26 Å². The third-order valence-electron chi connectivity index (χ3n) is 3.39. The van der Waals surface area contributed by atoms with E-state index in [0.717, 1.165) is 5.56 Å². The van der Waals surface area contributed by atoms with Gasteiger partial charge in [0.05, 0.1) is 14.2 Å². The Morgan fingerprint density at radius 1 is 1.12 bits per heavy atom. The summed E-state index contributed by atoms with van der Waals surface area (Å²) in [7, 11) is 3.04. The molecule has 0 aromatic heterocycles. The predicted molar refractivity (Wildman–Crippen MR) is 91.4 cm³/mol. The molecule has 0 saturated carbocycles. The van der Waals surface area contributed by atoms with Crippen LogP contribution in [-0.4, -0.2) is 20.1 Å². The van der Waals surface area contributed by atoms with Gasteiger partial charge in [-0.3, -0.25) is 4.79 Å². The number of benzene rings is 2. The van der Waals surface area contributed by atoms with Gasteiger partial charge in [0.25, 0.3) is 5.91 Å². The minimum Gasteiger partial charge on any atom is -0.493 e. The van der Waals surface area contributed by atoms with Crippen LogP contribution in [0, 0.1) is 11.3 Å². The van der Waals surface area contributed by atoms with Crippen molar-refractivity contribution in [3.63, 3.8) is 0 Å². The lowest BCUT2D eigenvalue weighted by atomic mass is 10.1. The molecule has 0 unspecified atom stereocenters. The van der Waals surface area contributed by atoms with Crippen LogP contribution in [0.15, 0.2) is 54.1 Å². The second-order valence-corrected chi connectivity index (χ2v) is 4.92. The molecule has 2 rings (SSSR count). The van der Waals surface area contributed by atoms with Gasteiger partial charge in [0, 0.05) is 12.1 Å². The molecule has 2 aromatic rings. The summed E-state index contributed by atoms with van der Waals surface area (Å²) in [5, 5.41) is 12.0. The summed E-state index contributed by atoms with van der Waals surface area (Å²) in [5.74, 6) is 0.572. The average molecular weight is 322 g/mol. The molecule has 0 saturated heterocycles. The molecule has 0 aliphatic rings. The number of nitrogens with one attached hydrogen (secondary N) is 1. The molecule has 0 fully saturated rings. The summed E-state index contributed by atoms with van der Waals surface area (Å²) < 4.78 is 10.5. The summed E-state index contributed by atoms with van der Waals surface area (Å²) in [5.41, 5.74) is 1.56. The van der Waals surface area contributed by atoms with E-state index in [2.05, 4.69) is 5.32 Å². The summed E-state index contributed by atoms with van der Waals surface area (Å²) in [6, 6.07) is 16.7. The Kier molecular flexibility index (Phi) is 5.98. The maximum Gasteiger partial charge on any atom is 0.262 e. The molecule has 1 N–H and O–H groups in total. The zero-order chi connectivity index (χ0) is 17.4. The molecule has 0 bridgehead atoms. The van der Waals surface area contributed by atoms with Crippen LogP contribution >= 0.6 is 0 Å². The van der Waals surface area contributed by atoms with Crippen LogP contribution < -0.4 is 14.8 Å². The van der Waals surface area contributed by atoms with E-state index in [4.69, 9.17) is 9.47 Å². The number of nitriles is 1. The average Bonchev–Trinajstić information content (AvgIpc) is 2.64. The lowest BCUT2D eigenvalue weighted by molar-refractivity contribution is -0.117. The third-order valence-corrected chi connectivity index (χ3v) is 3.39. The van der Waals surface area contributed by atoms with Gasteiger partial charge in [-0.05, 0) is 17.7 Å². The first-order chi connectivity index (χ1) is 11.7. The second kappa shape index (κ2) is 8.39. The van der Waals surface area contributed by atoms with E-state index in [0.29, 0.717) is 23.6 Å². The van der Waals surface area contributed by atoms with Crippen molar-refractivity contribution < 1.29 is 14.3 Å². The molecule has 5 nitrogen and oxygen atoms in total. The molecular weight excluding hydrogens is 304 g/mol. The van der Waals surface area contributed by atoms with Crippen molar-refractivity contribution in [3.8, 4) is 17.6 Å². The van der Waals surface area contributed by atoms with Crippen LogP contribution in [0.2, 0.25) is 0 Å². The minimum atomic E-state index is -0.439. The number of amides is 1. The molecule has 1 amide bonds. The number of carbonyl (C=O) groups excluding carboxylic acids is 1. The van der Waals surface area contributed by atoms with Gasteiger partial charge in [0.1, 0.15) is 11.6 Å². The summed E-state index contributed by atoms with van der Waals surface area (Å²) >= 11 is 0. The van der Waals surface area contributed by atoms with E-state index < -0.39 is 5.91 Å². The number of para-hydroxylation sites is 1. The van der Waals surface area contributed by atoms with Crippen molar-refractivity contribution in [3.05, 3.63) is 65.2 Å². The van der Waals surface area contributed by atoms with Crippen molar-refractivity contribution in [1.82, 2.24) is 5.32 Å². The van der Waals surface area contributed by atoms with Gasteiger partial charge in [-0.1, -0.05) is 42.5 Å². The molecule has 5 heteroatoms. The van der Waals surface area contributed by atoms with Gasteiger partial charge in [0.15, 0.2) is 11.5 Å².